The molecule has 0 saturated carbocycles. The van der Waals surface area contributed by atoms with Crippen molar-refractivity contribution in [3.8, 4) is 0 Å². The molecule has 0 spiro atoms. The molecule has 0 aliphatic carbocycles. The molecule has 0 fully saturated rings. The van der Waals surface area contributed by atoms with Crippen LogP contribution in [0, 0.1) is 17.2 Å². The van der Waals surface area contributed by atoms with Gasteiger partial charge in [0.1, 0.15) is 10.7 Å². The van der Waals surface area contributed by atoms with Crippen molar-refractivity contribution in [2.24, 2.45) is 11.3 Å². The number of nitrogens with two attached hydrogens (primary N) is 1. The monoisotopic (exact) mass is 308 g/mol. The van der Waals surface area contributed by atoms with E-state index in [1.807, 2.05) is 0 Å². The van der Waals surface area contributed by atoms with E-state index in [-0.39, 0.29) is 22.8 Å². The van der Waals surface area contributed by atoms with Crippen LogP contribution >= 0.6 is 11.3 Å². The molecule has 2 aromatic rings. The van der Waals surface area contributed by atoms with Gasteiger partial charge in [-0.05, 0) is 23.5 Å². The molecule has 1 heterocycles. The standard InChI is InChI=1S/C16H21FN2OS/c1-9(2)16(3,4)8-19-15(20)14-13(18)12-10(17)6-5-7-11(12)21-14/h5-7,9H,8,18H2,1-4H3,(H,19,20). The summed E-state index contributed by atoms with van der Waals surface area (Å²) in [4.78, 5) is 12.7. The largest absolute Gasteiger partial charge is 0.397 e. The Labute approximate surface area is 128 Å². The number of thiophene rings is 1. The Hall–Kier alpha value is -1.62. The van der Waals surface area contributed by atoms with Crippen LogP contribution in [0.3, 0.4) is 0 Å². The van der Waals surface area contributed by atoms with Gasteiger partial charge in [-0.15, -0.1) is 11.3 Å². The summed E-state index contributed by atoms with van der Waals surface area (Å²) in [6, 6.07) is 4.75. The molecule has 1 aromatic heterocycles. The number of carbonyl (C=O) groups is 1. The van der Waals surface area contributed by atoms with Crippen LogP contribution in [-0.2, 0) is 0 Å². The SMILES string of the molecule is CC(C)C(C)(C)CNC(=O)c1sc2cccc(F)c2c1N. The molecule has 0 aliphatic rings. The molecule has 0 bridgehead atoms. The first-order chi connectivity index (χ1) is 9.74. The van der Waals surface area contributed by atoms with E-state index >= 15 is 0 Å². The van der Waals surface area contributed by atoms with E-state index in [1.165, 1.54) is 17.4 Å². The number of anilines is 1. The first-order valence-corrected chi connectivity index (χ1v) is 7.80. The van der Waals surface area contributed by atoms with Crippen molar-refractivity contribution >= 4 is 33.0 Å². The van der Waals surface area contributed by atoms with E-state index in [2.05, 4.69) is 33.0 Å². The van der Waals surface area contributed by atoms with E-state index in [0.29, 0.717) is 27.4 Å². The Morgan fingerprint density at radius 3 is 2.67 bits per heavy atom. The average molecular weight is 308 g/mol. The summed E-state index contributed by atoms with van der Waals surface area (Å²) in [5, 5.41) is 3.25. The Morgan fingerprint density at radius 2 is 2.10 bits per heavy atom. The summed E-state index contributed by atoms with van der Waals surface area (Å²) in [7, 11) is 0. The summed E-state index contributed by atoms with van der Waals surface area (Å²) in [6.07, 6.45) is 0. The zero-order valence-corrected chi connectivity index (χ0v) is 13.6. The van der Waals surface area contributed by atoms with Crippen molar-refractivity contribution < 1.29 is 9.18 Å². The Balaban J connectivity index is 2.25. The highest BCUT2D eigenvalue weighted by Crippen LogP contribution is 2.35. The molecule has 0 radical (unpaired) electrons. The van der Waals surface area contributed by atoms with Gasteiger partial charge in [-0.3, -0.25) is 4.79 Å². The zero-order valence-electron chi connectivity index (χ0n) is 12.8. The van der Waals surface area contributed by atoms with E-state index < -0.39 is 0 Å². The summed E-state index contributed by atoms with van der Waals surface area (Å²) in [5.74, 6) is -0.181. The highest BCUT2D eigenvalue weighted by atomic mass is 32.1. The van der Waals surface area contributed by atoms with Gasteiger partial charge in [0.2, 0.25) is 0 Å². The molecular formula is C16H21FN2OS. The molecule has 1 amide bonds. The summed E-state index contributed by atoms with van der Waals surface area (Å²) in [5.41, 5.74) is 6.17. The van der Waals surface area contributed by atoms with Crippen molar-refractivity contribution in [2.75, 3.05) is 12.3 Å². The van der Waals surface area contributed by atoms with Gasteiger partial charge in [0.15, 0.2) is 0 Å². The number of fused-ring (bicyclic) bond motifs is 1. The van der Waals surface area contributed by atoms with Crippen LogP contribution in [0.5, 0.6) is 0 Å². The molecule has 0 atom stereocenters. The molecule has 114 valence electrons. The maximum Gasteiger partial charge on any atom is 0.263 e. The van der Waals surface area contributed by atoms with Gasteiger partial charge in [-0.2, -0.15) is 0 Å². The highest BCUT2D eigenvalue weighted by molar-refractivity contribution is 7.21. The van der Waals surface area contributed by atoms with Gasteiger partial charge in [0, 0.05) is 11.2 Å². The number of amides is 1. The van der Waals surface area contributed by atoms with Crippen LogP contribution < -0.4 is 11.1 Å². The van der Waals surface area contributed by atoms with Crippen LogP contribution in [0.1, 0.15) is 37.4 Å². The van der Waals surface area contributed by atoms with Crippen LogP contribution in [0.4, 0.5) is 10.1 Å². The third-order valence-corrected chi connectivity index (χ3v) is 5.34. The molecular weight excluding hydrogens is 287 g/mol. The van der Waals surface area contributed by atoms with E-state index in [0.717, 1.165) is 0 Å². The van der Waals surface area contributed by atoms with Crippen molar-refractivity contribution in [3.05, 3.63) is 28.9 Å². The van der Waals surface area contributed by atoms with E-state index in [1.54, 1.807) is 12.1 Å². The lowest BCUT2D eigenvalue weighted by molar-refractivity contribution is 0.0930. The second-order valence-electron chi connectivity index (χ2n) is 6.28. The lowest BCUT2D eigenvalue weighted by atomic mass is 9.81. The van der Waals surface area contributed by atoms with Crippen molar-refractivity contribution in [1.82, 2.24) is 5.32 Å². The molecule has 2 rings (SSSR count). The lowest BCUT2D eigenvalue weighted by Crippen LogP contribution is -2.36. The number of halogens is 1. The van der Waals surface area contributed by atoms with Gasteiger partial charge in [-0.25, -0.2) is 4.39 Å². The first-order valence-electron chi connectivity index (χ1n) is 6.98. The quantitative estimate of drug-likeness (QED) is 0.896. The Morgan fingerprint density at radius 1 is 1.43 bits per heavy atom. The van der Waals surface area contributed by atoms with Crippen LogP contribution in [-0.4, -0.2) is 12.5 Å². The predicted octanol–water partition coefficient (Wildman–Crippen LogP) is 4.03. The molecule has 0 aliphatic heterocycles. The van der Waals surface area contributed by atoms with Gasteiger partial charge >= 0.3 is 0 Å². The second kappa shape index (κ2) is 5.64. The predicted molar refractivity (Wildman–Crippen MR) is 87.1 cm³/mol. The maximum atomic E-state index is 13.8. The smallest absolute Gasteiger partial charge is 0.263 e. The molecule has 1 aromatic carbocycles. The van der Waals surface area contributed by atoms with Crippen molar-refractivity contribution in [2.45, 2.75) is 27.7 Å². The summed E-state index contributed by atoms with van der Waals surface area (Å²) >= 11 is 1.23. The molecule has 21 heavy (non-hydrogen) atoms. The fourth-order valence-electron chi connectivity index (χ4n) is 1.89. The van der Waals surface area contributed by atoms with Gasteiger partial charge in [-0.1, -0.05) is 33.8 Å². The van der Waals surface area contributed by atoms with E-state index in [9.17, 15) is 9.18 Å². The van der Waals surface area contributed by atoms with Crippen molar-refractivity contribution in [3.63, 3.8) is 0 Å². The number of hydrogen-bond donors (Lipinski definition) is 2. The number of rotatable bonds is 4. The minimum atomic E-state index is -0.386. The molecule has 3 nitrogen and oxygen atoms in total. The van der Waals surface area contributed by atoms with E-state index in [4.69, 9.17) is 5.73 Å². The second-order valence-corrected chi connectivity index (χ2v) is 7.34. The number of hydrogen-bond acceptors (Lipinski definition) is 3. The fourth-order valence-corrected chi connectivity index (χ4v) is 2.94. The number of carbonyl (C=O) groups excluding carboxylic acids is 1. The third-order valence-electron chi connectivity index (χ3n) is 4.18. The Bertz CT molecular complexity index is 676. The topological polar surface area (TPSA) is 55.1 Å². The minimum absolute atomic E-state index is 0.00759. The minimum Gasteiger partial charge on any atom is -0.397 e. The molecule has 5 heteroatoms. The molecule has 3 N–H and O–H groups in total. The van der Waals surface area contributed by atoms with Crippen LogP contribution in [0.25, 0.3) is 10.1 Å². The first kappa shape index (κ1) is 15.8. The summed E-state index contributed by atoms with van der Waals surface area (Å²) < 4.78 is 14.5. The normalized spacial score (nSPS) is 12.1. The van der Waals surface area contributed by atoms with Gasteiger partial charge < -0.3 is 11.1 Å². The number of benzene rings is 1. The van der Waals surface area contributed by atoms with Crippen molar-refractivity contribution in [1.29, 1.82) is 0 Å². The number of nitrogens with one attached hydrogen (secondary N) is 1. The number of nitrogen functional groups attached to an aromatic ring is 1. The van der Waals surface area contributed by atoms with Gasteiger partial charge in [0.05, 0.1) is 11.1 Å². The summed E-state index contributed by atoms with van der Waals surface area (Å²) in [6.45, 7) is 9.00. The molecule has 0 saturated heterocycles. The maximum absolute atomic E-state index is 13.8. The van der Waals surface area contributed by atoms with Gasteiger partial charge in [0.25, 0.3) is 5.91 Å². The lowest BCUT2D eigenvalue weighted by Gasteiger charge is -2.29. The van der Waals surface area contributed by atoms with Crippen LogP contribution in [0.2, 0.25) is 0 Å². The van der Waals surface area contributed by atoms with Crippen LogP contribution in [0.15, 0.2) is 18.2 Å². The zero-order chi connectivity index (χ0) is 15.8. The fraction of sp³-hybridized carbons (Fsp3) is 0.438. The third kappa shape index (κ3) is 3.02. The molecule has 0 unspecified atom stereocenters. The Kier molecular flexibility index (Phi) is 4.23. The average Bonchev–Trinajstić information content (AvgIpc) is 2.75. The highest BCUT2D eigenvalue weighted by Gasteiger charge is 2.25.